The largest absolute Gasteiger partial charge is 0.378 e. The maximum Gasteiger partial charge on any atom is 0.123 e. The van der Waals surface area contributed by atoms with Gasteiger partial charge in [-0.25, -0.2) is 9.38 Å². The van der Waals surface area contributed by atoms with Gasteiger partial charge < -0.3 is 10.2 Å². The number of anilines is 1. The Kier molecular flexibility index (Phi) is 4.42. The average molecular weight is 309 g/mol. The van der Waals surface area contributed by atoms with Crippen molar-refractivity contribution in [3.05, 3.63) is 78.3 Å². The second kappa shape index (κ2) is 6.65. The maximum absolute atomic E-state index is 13.2. The molecule has 0 bridgehead atoms. The zero-order valence-electron chi connectivity index (χ0n) is 13.1. The molecule has 1 aliphatic heterocycles. The summed E-state index contributed by atoms with van der Waals surface area (Å²) < 4.78 is 13.2. The van der Waals surface area contributed by atoms with Crippen LogP contribution in [-0.4, -0.2) is 18.3 Å². The molecule has 0 saturated heterocycles. The van der Waals surface area contributed by atoms with Crippen LogP contribution in [0.15, 0.2) is 66.3 Å². The molecule has 118 valence electrons. The van der Waals surface area contributed by atoms with E-state index >= 15 is 0 Å². The normalized spacial score (nSPS) is 19.9. The second-order valence-electron chi connectivity index (χ2n) is 5.70. The number of benzene rings is 2. The maximum atomic E-state index is 13.2. The van der Waals surface area contributed by atoms with Crippen molar-refractivity contribution >= 4 is 12.0 Å². The Hall–Kier alpha value is -2.62. The van der Waals surface area contributed by atoms with Gasteiger partial charge in [0.1, 0.15) is 5.82 Å². The van der Waals surface area contributed by atoms with E-state index in [1.807, 2.05) is 31.3 Å². The zero-order chi connectivity index (χ0) is 16.2. The summed E-state index contributed by atoms with van der Waals surface area (Å²) in [5, 5.41) is 3.56. The van der Waals surface area contributed by atoms with Crippen LogP contribution in [0, 0.1) is 5.82 Å². The standard InChI is InChI=1S/C19H20FN3/c1-3-21-13-23(2)19-12-18(14-8-10-15(20)11-9-14)22-17-7-5-4-6-16(17)19/h3-11,13,18-19,22H,1,12H2,2H3. The van der Waals surface area contributed by atoms with Gasteiger partial charge in [0, 0.05) is 18.9 Å². The minimum absolute atomic E-state index is 0.134. The number of aliphatic imine (C=N–C) groups is 1. The minimum atomic E-state index is -0.211. The first kappa shape index (κ1) is 15.3. The molecule has 0 radical (unpaired) electrons. The summed E-state index contributed by atoms with van der Waals surface area (Å²) in [6.07, 6.45) is 4.20. The summed E-state index contributed by atoms with van der Waals surface area (Å²) >= 11 is 0. The molecule has 3 rings (SSSR count). The van der Waals surface area contributed by atoms with Crippen LogP contribution >= 0.6 is 0 Å². The summed E-state index contributed by atoms with van der Waals surface area (Å²) in [6, 6.07) is 15.3. The van der Waals surface area contributed by atoms with Crippen molar-refractivity contribution in [3.63, 3.8) is 0 Å². The van der Waals surface area contributed by atoms with Crippen LogP contribution < -0.4 is 5.32 Å². The topological polar surface area (TPSA) is 27.6 Å². The molecule has 1 aliphatic rings. The highest BCUT2D eigenvalue weighted by Crippen LogP contribution is 2.40. The van der Waals surface area contributed by atoms with Crippen LogP contribution in [0.2, 0.25) is 0 Å². The fourth-order valence-corrected chi connectivity index (χ4v) is 3.05. The third-order valence-electron chi connectivity index (χ3n) is 4.23. The van der Waals surface area contributed by atoms with E-state index in [9.17, 15) is 4.39 Å². The fraction of sp³-hybridized carbons (Fsp3) is 0.211. The van der Waals surface area contributed by atoms with Crippen molar-refractivity contribution in [3.8, 4) is 0 Å². The van der Waals surface area contributed by atoms with Gasteiger partial charge in [-0.1, -0.05) is 36.9 Å². The number of para-hydroxylation sites is 1. The lowest BCUT2D eigenvalue weighted by molar-refractivity contribution is 0.338. The molecule has 0 amide bonds. The van der Waals surface area contributed by atoms with Crippen molar-refractivity contribution in [1.82, 2.24) is 4.90 Å². The highest BCUT2D eigenvalue weighted by atomic mass is 19.1. The van der Waals surface area contributed by atoms with Gasteiger partial charge in [0.15, 0.2) is 0 Å². The second-order valence-corrected chi connectivity index (χ2v) is 5.70. The predicted octanol–water partition coefficient (Wildman–Crippen LogP) is 4.53. The van der Waals surface area contributed by atoms with Crippen molar-refractivity contribution < 1.29 is 4.39 Å². The highest BCUT2D eigenvalue weighted by Gasteiger charge is 2.29. The molecular weight excluding hydrogens is 289 g/mol. The Morgan fingerprint density at radius 1 is 1.22 bits per heavy atom. The first-order chi connectivity index (χ1) is 11.2. The van der Waals surface area contributed by atoms with E-state index in [1.54, 1.807) is 6.34 Å². The number of nitrogens with zero attached hydrogens (tertiary/aromatic N) is 2. The van der Waals surface area contributed by atoms with E-state index in [4.69, 9.17) is 0 Å². The van der Waals surface area contributed by atoms with Gasteiger partial charge in [-0.05, 0) is 35.7 Å². The van der Waals surface area contributed by atoms with Crippen molar-refractivity contribution in [2.75, 3.05) is 12.4 Å². The van der Waals surface area contributed by atoms with Crippen LogP contribution in [0.4, 0.5) is 10.1 Å². The lowest BCUT2D eigenvalue weighted by Gasteiger charge is -2.37. The van der Waals surface area contributed by atoms with E-state index in [1.165, 1.54) is 23.9 Å². The third-order valence-corrected chi connectivity index (χ3v) is 4.23. The SMILES string of the molecule is C=CN=CN(C)C1CC(c2ccc(F)cc2)Nc2ccccc21. The third kappa shape index (κ3) is 3.26. The van der Waals surface area contributed by atoms with Gasteiger partial charge in [0.2, 0.25) is 0 Å². The Morgan fingerprint density at radius 3 is 2.70 bits per heavy atom. The predicted molar refractivity (Wildman–Crippen MR) is 93.0 cm³/mol. The monoisotopic (exact) mass is 309 g/mol. The summed E-state index contributed by atoms with van der Waals surface area (Å²) in [4.78, 5) is 6.22. The first-order valence-electron chi connectivity index (χ1n) is 7.66. The Morgan fingerprint density at radius 2 is 1.96 bits per heavy atom. The molecule has 23 heavy (non-hydrogen) atoms. The minimum Gasteiger partial charge on any atom is -0.378 e. The Bertz CT molecular complexity index is 709. The van der Waals surface area contributed by atoms with Gasteiger partial charge >= 0.3 is 0 Å². The lowest BCUT2D eigenvalue weighted by Crippen LogP contribution is -2.31. The number of halogens is 1. The summed E-state index contributed by atoms with van der Waals surface area (Å²) in [6.45, 7) is 3.62. The molecule has 0 aliphatic carbocycles. The van der Waals surface area contributed by atoms with Crippen LogP contribution in [0.5, 0.6) is 0 Å². The highest BCUT2D eigenvalue weighted by molar-refractivity contribution is 5.61. The molecule has 0 saturated carbocycles. The van der Waals surface area contributed by atoms with Gasteiger partial charge in [-0.3, -0.25) is 0 Å². The van der Waals surface area contributed by atoms with E-state index in [0.29, 0.717) is 0 Å². The molecule has 0 fully saturated rings. The van der Waals surface area contributed by atoms with Gasteiger partial charge in [-0.15, -0.1) is 0 Å². The number of nitrogens with one attached hydrogen (secondary N) is 1. The summed E-state index contributed by atoms with van der Waals surface area (Å²) in [7, 11) is 2.02. The van der Waals surface area contributed by atoms with Crippen molar-refractivity contribution in [2.45, 2.75) is 18.5 Å². The fourth-order valence-electron chi connectivity index (χ4n) is 3.05. The van der Waals surface area contributed by atoms with Gasteiger partial charge in [0.25, 0.3) is 0 Å². The van der Waals surface area contributed by atoms with Crippen molar-refractivity contribution in [2.24, 2.45) is 4.99 Å². The lowest BCUT2D eigenvalue weighted by atomic mass is 9.89. The average Bonchev–Trinajstić information content (AvgIpc) is 2.59. The van der Waals surface area contributed by atoms with E-state index in [0.717, 1.165) is 17.7 Å². The molecule has 0 spiro atoms. The van der Waals surface area contributed by atoms with Gasteiger partial charge in [0.05, 0.1) is 18.4 Å². The van der Waals surface area contributed by atoms with Crippen LogP contribution in [0.3, 0.4) is 0 Å². The number of hydrogen-bond donors (Lipinski definition) is 1. The molecule has 0 aromatic heterocycles. The Balaban J connectivity index is 1.94. The molecule has 3 nitrogen and oxygen atoms in total. The van der Waals surface area contributed by atoms with Gasteiger partial charge in [-0.2, -0.15) is 0 Å². The molecule has 4 heteroatoms. The quantitative estimate of drug-likeness (QED) is 0.664. The number of hydrogen-bond acceptors (Lipinski definition) is 2. The summed E-state index contributed by atoms with van der Waals surface area (Å²) in [5.74, 6) is -0.211. The number of fused-ring (bicyclic) bond motifs is 1. The molecular formula is C19H20FN3. The molecule has 2 atom stereocenters. The number of rotatable bonds is 4. The van der Waals surface area contributed by atoms with E-state index in [2.05, 4.69) is 33.9 Å². The van der Waals surface area contributed by atoms with Crippen LogP contribution in [0.1, 0.15) is 29.6 Å². The van der Waals surface area contributed by atoms with Crippen LogP contribution in [-0.2, 0) is 0 Å². The Labute approximate surface area is 136 Å². The summed E-state index contributed by atoms with van der Waals surface area (Å²) in [5.41, 5.74) is 3.43. The van der Waals surface area contributed by atoms with E-state index in [-0.39, 0.29) is 17.9 Å². The zero-order valence-corrected chi connectivity index (χ0v) is 13.1. The smallest absolute Gasteiger partial charge is 0.123 e. The van der Waals surface area contributed by atoms with Crippen LogP contribution in [0.25, 0.3) is 0 Å². The molecule has 1 heterocycles. The molecule has 2 unspecified atom stereocenters. The van der Waals surface area contributed by atoms with Crippen molar-refractivity contribution in [1.29, 1.82) is 0 Å². The van der Waals surface area contributed by atoms with E-state index < -0.39 is 0 Å². The molecule has 2 aromatic carbocycles. The molecule has 2 aromatic rings. The molecule has 1 N–H and O–H groups in total. The first-order valence-corrected chi connectivity index (χ1v) is 7.66.